The van der Waals surface area contributed by atoms with Crippen molar-refractivity contribution in [3.8, 4) is 0 Å². The Labute approximate surface area is 131 Å². The molecule has 0 unspecified atom stereocenters. The summed E-state index contributed by atoms with van der Waals surface area (Å²) in [5.41, 5.74) is 1.65. The Balaban J connectivity index is 1.74. The molecule has 0 saturated carbocycles. The largest absolute Gasteiger partial charge is 0.287 e. The van der Waals surface area contributed by atoms with E-state index in [0.29, 0.717) is 11.1 Å². The molecule has 0 saturated heterocycles. The van der Waals surface area contributed by atoms with Gasteiger partial charge in [-0.3, -0.25) is 9.59 Å². The molecule has 110 valence electrons. The first-order chi connectivity index (χ1) is 11.2. The van der Waals surface area contributed by atoms with Gasteiger partial charge in [0.1, 0.15) is 0 Å². The van der Waals surface area contributed by atoms with Gasteiger partial charge in [0.2, 0.25) is 11.6 Å². The Hall–Kier alpha value is -3.41. The number of benzene rings is 2. The van der Waals surface area contributed by atoms with Gasteiger partial charge in [-0.1, -0.05) is 59.5 Å². The predicted octanol–water partition coefficient (Wildman–Crippen LogP) is 1.94. The summed E-state index contributed by atoms with van der Waals surface area (Å²) in [6.07, 6.45) is 1.56. The van der Waals surface area contributed by atoms with Gasteiger partial charge in [-0.25, -0.2) is 0 Å². The summed E-state index contributed by atoms with van der Waals surface area (Å²) >= 11 is 0. The zero-order valence-corrected chi connectivity index (χ0v) is 11.9. The van der Waals surface area contributed by atoms with E-state index in [-0.39, 0.29) is 23.0 Å². The molecule has 1 aliphatic rings. The molecule has 0 atom stereocenters. The molecule has 0 aliphatic heterocycles. The molecule has 0 N–H and O–H groups in total. The maximum Gasteiger partial charge on any atom is 0.216 e. The maximum absolute atomic E-state index is 12.4. The molecule has 0 radical (unpaired) electrons. The van der Waals surface area contributed by atoms with Gasteiger partial charge in [0.25, 0.3) is 0 Å². The molecular formula is C17H10N4O2. The lowest BCUT2D eigenvalue weighted by atomic mass is 9.90. The fraction of sp³-hybridized carbons (Fsp3) is 0. The predicted molar refractivity (Wildman–Crippen MR) is 82.8 cm³/mol. The molecule has 0 amide bonds. The van der Waals surface area contributed by atoms with Gasteiger partial charge in [-0.05, 0) is 5.56 Å². The Bertz CT molecular complexity index is 905. The smallest absolute Gasteiger partial charge is 0.216 e. The quantitative estimate of drug-likeness (QED) is 0.530. The summed E-state index contributed by atoms with van der Waals surface area (Å²) in [6.45, 7) is 0. The second-order valence-electron chi connectivity index (χ2n) is 5.02. The lowest BCUT2D eigenvalue weighted by molar-refractivity contribution is 0.0974. The zero-order valence-electron chi connectivity index (χ0n) is 11.9. The minimum absolute atomic E-state index is 0.0407. The first-order valence-electron chi connectivity index (χ1n) is 6.99. The van der Waals surface area contributed by atoms with Crippen LogP contribution in [0.1, 0.15) is 37.7 Å². The van der Waals surface area contributed by atoms with Gasteiger partial charge in [0, 0.05) is 11.1 Å². The van der Waals surface area contributed by atoms with Crippen LogP contribution in [0.25, 0.3) is 0 Å². The monoisotopic (exact) mass is 302 g/mol. The molecule has 23 heavy (non-hydrogen) atoms. The maximum atomic E-state index is 12.4. The average molecular weight is 302 g/mol. The van der Waals surface area contributed by atoms with E-state index in [0.717, 1.165) is 10.5 Å². The average Bonchev–Trinajstić information content (AvgIpc) is 3.04. The van der Waals surface area contributed by atoms with Crippen molar-refractivity contribution in [3.05, 3.63) is 82.7 Å². The van der Waals surface area contributed by atoms with Crippen LogP contribution in [0.5, 0.6) is 0 Å². The van der Waals surface area contributed by atoms with E-state index in [4.69, 9.17) is 0 Å². The third-order valence-corrected chi connectivity index (χ3v) is 3.56. The van der Waals surface area contributed by atoms with Crippen molar-refractivity contribution in [1.82, 2.24) is 15.1 Å². The van der Waals surface area contributed by atoms with Crippen molar-refractivity contribution >= 4 is 17.8 Å². The lowest BCUT2D eigenvalue weighted by Gasteiger charge is -2.10. The summed E-state index contributed by atoms with van der Waals surface area (Å²) in [5.74, 6) is -0.618. The van der Waals surface area contributed by atoms with E-state index in [1.54, 1.807) is 30.5 Å². The van der Waals surface area contributed by atoms with Crippen LogP contribution in [0, 0.1) is 0 Å². The Morgan fingerprint density at radius 3 is 1.87 bits per heavy atom. The number of hydrogen-bond acceptors (Lipinski definition) is 5. The third kappa shape index (κ3) is 2.17. The molecule has 1 heterocycles. The van der Waals surface area contributed by atoms with Gasteiger partial charge in [0.05, 0.1) is 6.21 Å². The van der Waals surface area contributed by atoms with Crippen LogP contribution in [0.15, 0.2) is 59.7 Å². The summed E-state index contributed by atoms with van der Waals surface area (Å²) in [7, 11) is 0. The van der Waals surface area contributed by atoms with Crippen LogP contribution < -0.4 is 0 Å². The molecule has 1 aliphatic carbocycles. The minimum atomic E-state index is -0.309. The van der Waals surface area contributed by atoms with E-state index >= 15 is 0 Å². The van der Waals surface area contributed by atoms with Gasteiger partial charge < -0.3 is 0 Å². The zero-order chi connectivity index (χ0) is 15.8. The minimum Gasteiger partial charge on any atom is -0.287 e. The van der Waals surface area contributed by atoms with Crippen LogP contribution in [-0.4, -0.2) is 32.9 Å². The molecule has 2 aromatic carbocycles. The van der Waals surface area contributed by atoms with E-state index in [9.17, 15) is 9.59 Å². The SMILES string of the molecule is O=C1c2ccccc2C(=O)c2nn(N=Cc3ccccc3)nc21. The van der Waals surface area contributed by atoms with E-state index < -0.39 is 0 Å². The highest BCUT2D eigenvalue weighted by Gasteiger charge is 2.34. The molecule has 0 bridgehead atoms. The van der Waals surface area contributed by atoms with Crippen LogP contribution in [-0.2, 0) is 0 Å². The first-order valence-corrected chi connectivity index (χ1v) is 6.99. The normalized spacial score (nSPS) is 13.2. The fourth-order valence-electron chi connectivity index (χ4n) is 2.45. The molecule has 6 heteroatoms. The number of fused-ring (bicyclic) bond motifs is 2. The topological polar surface area (TPSA) is 77.2 Å². The van der Waals surface area contributed by atoms with Crippen LogP contribution in [0.4, 0.5) is 0 Å². The van der Waals surface area contributed by atoms with Crippen molar-refractivity contribution < 1.29 is 9.59 Å². The van der Waals surface area contributed by atoms with E-state index in [1.807, 2.05) is 30.3 Å². The van der Waals surface area contributed by atoms with Crippen LogP contribution in [0.2, 0.25) is 0 Å². The number of carbonyl (C=O) groups is 2. The van der Waals surface area contributed by atoms with E-state index in [1.165, 1.54) is 0 Å². The molecular weight excluding hydrogens is 292 g/mol. The molecule has 1 aromatic heterocycles. The Kier molecular flexibility index (Phi) is 2.94. The first kappa shape index (κ1) is 13.3. The number of ketones is 2. The number of carbonyl (C=O) groups excluding carboxylic acids is 2. The van der Waals surface area contributed by atoms with Crippen LogP contribution in [0.3, 0.4) is 0 Å². The summed E-state index contributed by atoms with van der Waals surface area (Å²) in [4.78, 5) is 25.9. The van der Waals surface area contributed by atoms with E-state index in [2.05, 4.69) is 15.3 Å². The second-order valence-corrected chi connectivity index (χ2v) is 5.02. The summed E-state index contributed by atoms with van der Waals surface area (Å²) < 4.78 is 0. The second kappa shape index (κ2) is 5.10. The molecule has 0 fully saturated rings. The highest BCUT2D eigenvalue weighted by Crippen LogP contribution is 2.24. The summed E-state index contributed by atoms with van der Waals surface area (Å²) in [6, 6.07) is 16.1. The van der Waals surface area contributed by atoms with Crippen molar-refractivity contribution in [2.45, 2.75) is 0 Å². The molecule has 6 nitrogen and oxygen atoms in total. The molecule has 0 spiro atoms. The van der Waals surface area contributed by atoms with Crippen molar-refractivity contribution in [3.63, 3.8) is 0 Å². The van der Waals surface area contributed by atoms with Gasteiger partial charge in [-0.2, -0.15) is 0 Å². The van der Waals surface area contributed by atoms with Gasteiger partial charge in [0.15, 0.2) is 11.4 Å². The molecule has 4 rings (SSSR count). The third-order valence-electron chi connectivity index (χ3n) is 3.56. The van der Waals surface area contributed by atoms with Gasteiger partial charge in [-0.15, -0.1) is 15.3 Å². The number of nitrogens with zero attached hydrogens (tertiary/aromatic N) is 4. The molecule has 3 aromatic rings. The standard InChI is InChI=1S/C17H10N4O2/c22-16-12-8-4-5-9-13(12)17(23)15-14(16)19-21(20-15)18-10-11-6-2-1-3-7-11/h1-10H. The Morgan fingerprint density at radius 2 is 1.30 bits per heavy atom. The van der Waals surface area contributed by atoms with Crippen molar-refractivity contribution in [1.29, 1.82) is 0 Å². The number of aromatic nitrogens is 3. The van der Waals surface area contributed by atoms with Crippen molar-refractivity contribution in [2.75, 3.05) is 0 Å². The van der Waals surface area contributed by atoms with Gasteiger partial charge >= 0.3 is 0 Å². The fourth-order valence-corrected chi connectivity index (χ4v) is 2.45. The Morgan fingerprint density at radius 1 is 0.783 bits per heavy atom. The summed E-state index contributed by atoms with van der Waals surface area (Å²) in [5, 5.41) is 12.1. The van der Waals surface area contributed by atoms with Crippen molar-refractivity contribution in [2.24, 2.45) is 5.10 Å². The number of rotatable bonds is 2. The highest BCUT2D eigenvalue weighted by atomic mass is 16.1. The lowest BCUT2D eigenvalue weighted by Crippen LogP contribution is -2.20. The number of hydrogen-bond donors (Lipinski definition) is 0. The highest BCUT2D eigenvalue weighted by molar-refractivity contribution is 6.26. The van der Waals surface area contributed by atoms with Crippen LogP contribution >= 0.6 is 0 Å².